The average Bonchev–Trinajstić information content (AvgIpc) is 0.678. The van der Waals surface area contributed by atoms with Crippen molar-refractivity contribution in [1.82, 2.24) is 9.80 Å². The van der Waals surface area contributed by atoms with Gasteiger partial charge in [0, 0.05) is 121 Å². The first-order chi connectivity index (χ1) is 62.4. The van der Waals surface area contributed by atoms with E-state index in [0.717, 1.165) is 36.0 Å². The second kappa shape index (κ2) is 56.4. The molecule has 132 heavy (non-hydrogen) atoms. The van der Waals surface area contributed by atoms with E-state index in [4.69, 9.17) is 33.2 Å². The molecule has 7 fully saturated rings. The van der Waals surface area contributed by atoms with Gasteiger partial charge in [0.1, 0.15) is 60.3 Å². The van der Waals surface area contributed by atoms with E-state index in [1.807, 2.05) is 116 Å². The van der Waals surface area contributed by atoms with Crippen LogP contribution in [0.15, 0.2) is 107 Å². The maximum absolute atomic E-state index is 14.3. The number of allylic oxidation sites excluding steroid dienone is 12. The summed E-state index contributed by atoms with van der Waals surface area (Å²) in [5.41, 5.74) is -1.04. The van der Waals surface area contributed by atoms with E-state index in [9.17, 15) is 89.4 Å². The van der Waals surface area contributed by atoms with Gasteiger partial charge in [-0.1, -0.05) is 162 Å². The molecule has 0 bridgehead atoms. The first-order valence-electron chi connectivity index (χ1n) is 48.4. The van der Waals surface area contributed by atoms with E-state index in [1.54, 1.807) is 74.8 Å². The maximum Gasteiger partial charge on any atom is 0.329 e. The number of ketones is 4. The molecule has 750 valence electrons. The molecule has 0 aromatic rings. The SMILES string of the molecule is C/C=C/C=C/C=C(\C)C(CC1CC[C@@H](C)C(O)(C2(O)C(=O)N3C2CCC[C@H]3C(=O)OC(CC(=O)C(C)/C=C(\C)C(O)C(OC)C(=O)[C@H](C)CCC)C(C)CC2CCC(O)C(O)C2)O1)OC.C=C(C(OC)C(O)/C(C)=C/C(C)C(=O)CC(OC(=O)[C@@H]1CCCC2N1C(=O)C2(O)C(=O)[C@H](C)CCC(O)CC(OC)/C(C)=C/C=C/C=C/C)C(C)CC1CCC(O)C(O)C1)[C@H](C)CCC.II. The third kappa shape index (κ3) is 30.5. The normalized spacial score (nSPS) is 30.5. The number of amides is 2. The average molecular weight is 2080 g/mol. The molecule has 10 N–H and O–H groups in total. The highest BCUT2D eigenvalue weighted by Gasteiger charge is 2.76. The molecule has 0 radical (unpaired) electrons. The number of carbonyl (C=O) groups is 8. The molecule has 7 rings (SSSR count). The molecule has 29 heteroatoms. The minimum absolute atomic E-state index is 0.000251. The molecule has 2 aliphatic carbocycles. The Morgan fingerprint density at radius 3 is 1.42 bits per heavy atom. The maximum atomic E-state index is 14.3. The third-order valence-corrected chi connectivity index (χ3v) is 29.3. The minimum Gasteiger partial charge on any atom is -0.460 e. The number of piperidine rings is 2. The molecule has 25 unspecified atom stereocenters. The van der Waals surface area contributed by atoms with Crippen molar-refractivity contribution in [2.75, 3.05) is 28.4 Å². The van der Waals surface area contributed by atoms with Gasteiger partial charge in [-0.2, -0.15) is 0 Å². The molecule has 2 amide bonds. The van der Waals surface area contributed by atoms with E-state index >= 15 is 0 Å². The van der Waals surface area contributed by atoms with Crippen molar-refractivity contribution < 1.29 is 123 Å². The Balaban J connectivity index is 0.000000458. The summed E-state index contributed by atoms with van der Waals surface area (Å²) in [5, 5.41) is 111. The van der Waals surface area contributed by atoms with Gasteiger partial charge < -0.3 is 94.0 Å². The molecule has 7 aliphatic rings. The zero-order chi connectivity index (χ0) is 99.1. The number of β-lactam (4-membered cyclic amide) rings is 2. The van der Waals surface area contributed by atoms with Gasteiger partial charge in [0.2, 0.25) is 17.0 Å². The van der Waals surface area contributed by atoms with Crippen LogP contribution in [0.4, 0.5) is 0 Å². The molecule has 31 atom stereocenters. The van der Waals surface area contributed by atoms with Gasteiger partial charge in [0.25, 0.3) is 11.8 Å². The van der Waals surface area contributed by atoms with Crippen molar-refractivity contribution >= 4 is 84.1 Å². The highest BCUT2D eigenvalue weighted by atomic mass is 128. The van der Waals surface area contributed by atoms with Gasteiger partial charge in [-0.25, -0.2) is 9.59 Å². The predicted octanol–water partition coefficient (Wildman–Crippen LogP) is 14.3. The zero-order valence-electron chi connectivity index (χ0n) is 82.4. The summed E-state index contributed by atoms with van der Waals surface area (Å²) in [6, 6.07) is -4.00. The van der Waals surface area contributed by atoms with Gasteiger partial charge in [-0.3, -0.25) is 28.8 Å². The fourth-order valence-corrected chi connectivity index (χ4v) is 20.7. The monoisotopic (exact) mass is 2080 g/mol. The van der Waals surface area contributed by atoms with Crippen LogP contribution in [-0.4, -0.2) is 263 Å². The molecule has 0 spiro atoms. The van der Waals surface area contributed by atoms with Crippen LogP contribution in [0.1, 0.15) is 278 Å². The number of aliphatic hydroxyl groups excluding tert-OH is 7. The van der Waals surface area contributed by atoms with Crippen LogP contribution in [0.3, 0.4) is 0 Å². The van der Waals surface area contributed by atoms with Crippen LogP contribution in [0.2, 0.25) is 0 Å². The Hall–Kier alpha value is -4.92. The number of rotatable bonds is 50. The summed E-state index contributed by atoms with van der Waals surface area (Å²) in [5.74, 6) is -10.4. The lowest BCUT2D eigenvalue weighted by Crippen LogP contribution is -2.87. The smallest absolute Gasteiger partial charge is 0.329 e. The number of ether oxygens (including phenoxy) is 7. The lowest BCUT2D eigenvalue weighted by molar-refractivity contribution is -0.376. The van der Waals surface area contributed by atoms with Crippen molar-refractivity contribution in [3.05, 3.63) is 107 Å². The van der Waals surface area contributed by atoms with Crippen LogP contribution in [0.5, 0.6) is 0 Å². The number of esters is 2. The molecular weight excluding hydrogens is 1920 g/mol. The first kappa shape index (κ1) is 118. The number of fused-ring (bicyclic) bond motifs is 2. The van der Waals surface area contributed by atoms with Crippen molar-refractivity contribution in [3.8, 4) is 0 Å². The lowest BCUT2D eigenvalue weighted by atomic mass is 9.65. The van der Waals surface area contributed by atoms with E-state index in [-0.39, 0.29) is 104 Å². The van der Waals surface area contributed by atoms with Crippen molar-refractivity contribution in [2.24, 2.45) is 59.2 Å². The molecule has 5 heterocycles. The Kier molecular flexibility index (Phi) is 50.2. The number of hydrogen-bond donors (Lipinski definition) is 10. The first-order valence-corrected chi connectivity index (χ1v) is 54.7. The quantitative estimate of drug-likeness (QED) is 0.00675. The molecule has 0 aromatic heterocycles. The van der Waals surface area contributed by atoms with Crippen molar-refractivity contribution in [1.29, 1.82) is 0 Å². The number of methoxy groups -OCH3 is 4. The molecule has 0 aromatic carbocycles. The van der Waals surface area contributed by atoms with E-state index in [0.29, 0.717) is 120 Å². The van der Waals surface area contributed by atoms with Crippen LogP contribution in [-0.2, 0) is 71.5 Å². The highest BCUT2D eigenvalue weighted by Crippen LogP contribution is 2.53. The summed E-state index contributed by atoms with van der Waals surface area (Å²) < 4.78 is 41.3. The van der Waals surface area contributed by atoms with Gasteiger partial charge in [-0.15, -0.1) is 0 Å². The number of halogens is 2. The van der Waals surface area contributed by atoms with Crippen LogP contribution >= 0.6 is 37.2 Å². The second-order valence-corrected chi connectivity index (χ2v) is 39.2. The Bertz CT molecular complexity index is 3970. The minimum atomic E-state index is -2.31. The van der Waals surface area contributed by atoms with Crippen molar-refractivity contribution in [3.63, 3.8) is 0 Å². The molecule has 5 aliphatic heterocycles. The van der Waals surface area contributed by atoms with E-state index < -0.39 is 168 Å². The lowest BCUT2D eigenvalue weighted by Gasteiger charge is -2.64. The summed E-state index contributed by atoms with van der Waals surface area (Å²) in [6.45, 7) is 33.8. The topological polar surface area (TPSA) is 410 Å². The van der Waals surface area contributed by atoms with Gasteiger partial charge >= 0.3 is 11.9 Å². The number of nitrogens with zero attached hydrogens (tertiary/aromatic N) is 2. The molecule has 5 saturated heterocycles. The molecule has 2 saturated carbocycles. The summed E-state index contributed by atoms with van der Waals surface area (Å²) in [4.78, 5) is 114. The van der Waals surface area contributed by atoms with Crippen molar-refractivity contribution in [2.45, 2.75) is 404 Å². The van der Waals surface area contributed by atoms with E-state index in [1.165, 1.54) is 24.0 Å². The van der Waals surface area contributed by atoms with Crippen LogP contribution < -0.4 is 0 Å². The zero-order valence-corrected chi connectivity index (χ0v) is 86.7. The predicted molar refractivity (Wildman–Crippen MR) is 525 cm³/mol. The Labute approximate surface area is 810 Å². The summed E-state index contributed by atoms with van der Waals surface area (Å²) in [7, 11) is 6.07. The Morgan fingerprint density at radius 2 is 0.970 bits per heavy atom. The fourth-order valence-electron chi connectivity index (χ4n) is 20.7. The van der Waals surface area contributed by atoms with E-state index in [2.05, 4.69) is 50.7 Å². The summed E-state index contributed by atoms with van der Waals surface area (Å²) >= 11 is 4.24. The number of Topliss-reactive ketones (excluding diaryl/α,β-unsaturated/α-hetero) is 4. The summed E-state index contributed by atoms with van der Waals surface area (Å²) in [6.07, 6.45) is 22.3. The number of hydrogen-bond acceptors (Lipinski definition) is 25. The third-order valence-electron chi connectivity index (χ3n) is 29.3. The highest BCUT2D eigenvalue weighted by molar-refractivity contribution is 15.0. The van der Waals surface area contributed by atoms with Gasteiger partial charge in [-0.05, 0) is 227 Å². The largest absolute Gasteiger partial charge is 0.460 e. The van der Waals surface area contributed by atoms with Gasteiger partial charge in [0.05, 0.1) is 60.9 Å². The Morgan fingerprint density at radius 1 is 0.523 bits per heavy atom. The standard InChI is InChI=1S/C52H83NO12.C51H81NO13.I2/c1-12-14-15-16-19-32(4)44(63-10)29-39(54)24-22-33(5)49(59)52(62)46-21-17-20-40(53(46)51(52)61)50(60)65-45(35(7)27-38-23-25-41(55)43(57)28-38)30-42(56)34(6)26-36(8)47(58)48(64-11)37(9)31(3)18-13-2;1-11-13-14-15-18-30(3)42(62-9)28-37-23-21-35(8)51(61,65-37)50(60)44-20-16-19-38(52(44)49(50)59)48(58)64-43(33(6)26-36-22-24-39(53)41(55)27-36)29-40(54)32(5)25-34(7)46(57)47(63-10)45(56)31(4)17-12-2;1-2/h12,14-16,19,26,31,33-35,38-41,43-48,54-55,57-58,62H,9,13,17-18,20-25,27-30H2,1-8,10-11H3;11,13-15,18,25,31-33,35-39,41-44,46-47,53,55,57,60-61H,12,16-17,19-24,26-29H2,1-10H3;/b14-12+,16-15+,32-19+,36-26+;13-11+,15-14+,30-18+,34-25+;/t31-,33-,34?,35?,38?,39?,40+,41?,43?,44?,45?,46?,47?,48?,52?;31-,32?,33?,35-,36?,37?,38+,39?,41?,42?,43?,44?,46?,47?,50?,51?;/m11./s1. The number of carbonyl (C=O) groups excluding carboxylic acids is 8. The molecule has 27 nitrogen and oxygen atoms in total. The fraction of sp³-hybridized carbons (Fsp3) is 0.748. The van der Waals surface area contributed by atoms with Crippen LogP contribution in [0, 0.1) is 59.2 Å². The van der Waals surface area contributed by atoms with Crippen LogP contribution in [0.25, 0.3) is 0 Å². The molecular formula is C103H164I2N2O25. The number of aliphatic hydroxyl groups is 10. The van der Waals surface area contributed by atoms with Gasteiger partial charge in [0.15, 0.2) is 11.6 Å². The second-order valence-electron chi connectivity index (χ2n) is 39.2.